The lowest BCUT2D eigenvalue weighted by atomic mass is 10.1. The Labute approximate surface area is 105 Å². The molecular formula is C12H14ClN3O. The molecule has 1 aromatic carbocycles. The van der Waals surface area contributed by atoms with Gasteiger partial charge in [0.15, 0.2) is 5.82 Å². The summed E-state index contributed by atoms with van der Waals surface area (Å²) in [6.45, 7) is 1.98. The molecule has 0 aliphatic carbocycles. The Morgan fingerprint density at radius 3 is 2.88 bits per heavy atom. The molecule has 2 rings (SSSR count). The van der Waals surface area contributed by atoms with E-state index in [4.69, 9.17) is 21.9 Å². The van der Waals surface area contributed by atoms with Gasteiger partial charge in [-0.05, 0) is 18.1 Å². The fourth-order valence-corrected chi connectivity index (χ4v) is 1.68. The van der Waals surface area contributed by atoms with Crippen molar-refractivity contribution in [1.29, 1.82) is 0 Å². The normalized spacial score (nSPS) is 12.6. The lowest BCUT2D eigenvalue weighted by molar-refractivity contribution is 0.375. The number of aromatic nitrogens is 2. The van der Waals surface area contributed by atoms with Crippen molar-refractivity contribution in [3.05, 3.63) is 46.6 Å². The standard InChI is InChI=1S/C12H14ClN3O/c1-2-10(14)12-15-11(17-16-12)7-8-5-3-4-6-9(8)13/h3-6,10H,2,7,14H2,1H3. The molecule has 0 amide bonds. The van der Waals surface area contributed by atoms with Crippen LogP contribution in [0, 0.1) is 0 Å². The van der Waals surface area contributed by atoms with Gasteiger partial charge in [-0.2, -0.15) is 4.98 Å². The summed E-state index contributed by atoms with van der Waals surface area (Å²) in [5, 5.41) is 4.56. The molecular weight excluding hydrogens is 238 g/mol. The number of hydrogen-bond donors (Lipinski definition) is 1. The van der Waals surface area contributed by atoms with Crippen LogP contribution < -0.4 is 5.73 Å². The van der Waals surface area contributed by atoms with Crippen LogP contribution in [0.2, 0.25) is 5.02 Å². The van der Waals surface area contributed by atoms with Crippen LogP contribution in [0.15, 0.2) is 28.8 Å². The van der Waals surface area contributed by atoms with Gasteiger partial charge in [-0.3, -0.25) is 0 Å². The van der Waals surface area contributed by atoms with Gasteiger partial charge in [0.2, 0.25) is 5.89 Å². The summed E-state index contributed by atoms with van der Waals surface area (Å²) >= 11 is 6.06. The molecule has 0 aliphatic heterocycles. The smallest absolute Gasteiger partial charge is 0.231 e. The number of nitrogens with zero attached hydrogens (tertiary/aromatic N) is 2. The summed E-state index contributed by atoms with van der Waals surface area (Å²) in [7, 11) is 0. The van der Waals surface area contributed by atoms with Crippen molar-refractivity contribution in [2.45, 2.75) is 25.8 Å². The minimum Gasteiger partial charge on any atom is -0.339 e. The Hall–Kier alpha value is -1.39. The van der Waals surface area contributed by atoms with Crippen molar-refractivity contribution >= 4 is 11.6 Å². The largest absolute Gasteiger partial charge is 0.339 e. The fraction of sp³-hybridized carbons (Fsp3) is 0.333. The summed E-state index contributed by atoms with van der Waals surface area (Å²) in [5.41, 5.74) is 6.79. The maximum atomic E-state index is 6.06. The van der Waals surface area contributed by atoms with Crippen LogP contribution >= 0.6 is 11.6 Å². The second-order valence-corrected chi connectivity index (χ2v) is 4.24. The zero-order valence-corrected chi connectivity index (χ0v) is 10.3. The number of rotatable bonds is 4. The van der Waals surface area contributed by atoms with Gasteiger partial charge in [-0.15, -0.1) is 0 Å². The summed E-state index contributed by atoms with van der Waals surface area (Å²) < 4.78 is 5.15. The molecule has 0 saturated heterocycles. The van der Waals surface area contributed by atoms with Crippen molar-refractivity contribution in [2.75, 3.05) is 0 Å². The van der Waals surface area contributed by atoms with Crippen molar-refractivity contribution in [1.82, 2.24) is 10.1 Å². The van der Waals surface area contributed by atoms with Gasteiger partial charge in [0.05, 0.1) is 12.5 Å². The predicted octanol–water partition coefficient (Wildman–Crippen LogP) is 2.72. The lowest BCUT2D eigenvalue weighted by Crippen LogP contribution is -2.10. The van der Waals surface area contributed by atoms with Gasteiger partial charge in [0.25, 0.3) is 0 Å². The first-order chi connectivity index (χ1) is 8.20. The lowest BCUT2D eigenvalue weighted by Gasteiger charge is -2.00. The van der Waals surface area contributed by atoms with E-state index in [-0.39, 0.29) is 6.04 Å². The van der Waals surface area contributed by atoms with Gasteiger partial charge in [-0.1, -0.05) is 41.9 Å². The number of benzene rings is 1. The highest BCUT2D eigenvalue weighted by molar-refractivity contribution is 6.31. The molecule has 1 heterocycles. The highest BCUT2D eigenvalue weighted by atomic mass is 35.5. The minimum absolute atomic E-state index is 0.168. The van der Waals surface area contributed by atoms with Gasteiger partial charge >= 0.3 is 0 Å². The molecule has 90 valence electrons. The second kappa shape index (κ2) is 5.29. The highest BCUT2D eigenvalue weighted by Crippen LogP contribution is 2.19. The summed E-state index contributed by atoms with van der Waals surface area (Å²) in [4.78, 5) is 4.26. The van der Waals surface area contributed by atoms with E-state index in [1.165, 1.54) is 0 Å². The van der Waals surface area contributed by atoms with Crippen LogP contribution in [0.25, 0.3) is 0 Å². The highest BCUT2D eigenvalue weighted by Gasteiger charge is 2.13. The SMILES string of the molecule is CCC(N)c1noc(Cc2ccccc2Cl)n1. The molecule has 0 fully saturated rings. The van der Waals surface area contributed by atoms with E-state index in [0.717, 1.165) is 12.0 Å². The zero-order chi connectivity index (χ0) is 12.3. The summed E-state index contributed by atoms with van der Waals surface area (Å²) in [6.07, 6.45) is 1.31. The number of nitrogens with two attached hydrogens (primary N) is 1. The number of hydrogen-bond acceptors (Lipinski definition) is 4. The fourth-order valence-electron chi connectivity index (χ4n) is 1.48. The van der Waals surface area contributed by atoms with Crippen LogP contribution in [0.4, 0.5) is 0 Å². The van der Waals surface area contributed by atoms with Gasteiger partial charge in [-0.25, -0.2) is 0 Å². The van der Waals surface area contributed by atoms with Crippen molar-refractivity contribution < 1.29 is 4.52 Å². The Bertz CT molecular complexity index is 498. The molecule has 0 bridgehead atoms. The molecule has 0 radical (unpaired) electrons. The predicted molar refractivity (Wildman–Crippen MR) is 65.8 cm³/mol. The molecule has 0 saturated carbocycles. The van der Waals surface area contributed by atoms with Crippen LogP contribution in [-0.2, 0) is 6.42 Å². The monoisotopic (exact) mass is 251 g/mol. The van der Waals surface area contributed by atoms with Gasteiger partial charge in [0, 0.05) is 5.02 Å². The van der Waals surface area contributed by atoms with E-state index in [9.17, 15) is 0 Å². The average Bonchev–Trinajstić information content (AvgIpc) is 2.80. The van der Waals surface area contributed by atoms with E-state index in [0.29, 0.717) is 23.2 Å². The van der Waals surface area contributed by atoms with Crippen molar-refractivity contribution in [2.24, 2.45) is 5.73 Å². The summed E-state index contributed by atoms with van der Waals surface area (Å²) in [5.74, 6) is 1.09. The van der Waals surface area contributed by atoms with Crippen LogP contribution in [0.3, 0.4) is 0 Å². The minimum atomic E-state index is -0.168. The third kappa shape index (κ3) is 2.84. The Kier molecular flexibility index (Phi) is 3.76. The van der Waals surface area contributed by atoms with Crippen LogP contribution in [0.1, 0.15) is 36.7 Å². The molecule has 2 aromatic rings. The molecule has 4 nitrogen and oxygen atoms in total. The molecule has 2 N–H and O–H groups in total. The van der Waals surface area contributed by atoms with E-state index < -0.39 is 0 Å². The molecule has 5 heteroatoms. The molecule has 0 spiro atoms. The van der Waals surface area contributed by atoms with Crippen molar-refractivity contribution in [3.63, 3.8) is 0 Å². The first-order valence-electron chi connectivity index (χ1n) is 5.52. The Balaban J connectivity index is 2.14. The Morgan fingerprint density at radius 1 is 1.41 bits per heavy atom. The molecule has 0 aliphatic rings. The third-order valence-electron chi connectivity index (χ3n) is 2.55. The van der Waals surface area contributed by atoms with Crippen molar-refractivity contribution in [3.8, 4) is 0 Å². The number of halogens is 1. The van der Waals surface area contributed by atoms with Crippen LogP contribution in [-0.4, -0.2) is 10.1 Å². The Morgan fingerprint density at radius 2 is 2.18 bits per heavy atom. The molecule has 1 unspecified atom stereocenters. The first kappa shape index (κ1) is 12.1. The zero-order valence-electron chi connectivity index (χ0n) is 9.56. The quantitative estimate of drug-likeness (QED) is 0.907. The maximum Gasteiger partial charge on any atom is 0.231 e. The van der Waals surface area contributed by atoms with E-state index >= 15 is 0 Å². The van der Waals surface area contributed by atoms with Gasteiger partial charge in [0.1, 0.15) is 0 Å². The van der Waals surface area contributed by atoms with E-state index in [1.807, 2.05) is 31.2 Å². The molecule has 1 atom stereocenters. The molecule has 17 heavy (non-hydrogen) atoms. The van der Waals surface area contributed by atoms with E-state index in [2.05, 4.69) is 10.1 Å². The van der Waals surface area contributed by atoms with Crippen LogP contribution in [0.5, 0.6) is 0 Å². The van der Waals surface area contributed by atoms with Gasteiger partial charge < -0.3 is 10.3 Å². The van der Waals surface area contributed by atoms with E-state index in [1.54, 1.807) is 0 Å². The second-order valence-electron chi connectivity index (χ2n) is 3.83. The maximum absolute atomic E-state index is 6.06. The average molecular weight is 252 g/mol. The summed E-state index contributed by atoms with van der Waals surface area (Å²) in [6, 6.07) is 7.42. The third-order valence-corrected chi connectivity index (χ3v) is 2.92. The first-order valence-corrected chi connectivity index (χ1v) is 5.90. The topological polar surface area (TPSA) is 64.9 Å². The molecule has 1 aromatic heterocycles.